The molecule has 4 nitrogen and oxygen atoms in total. The van der Waals surface area contributed by atoms with Crippen LogP contribution < -0.4 is 0 Å². The summed E-state index contributed by atoms with van der Waals surface area (Å²) in [6.07, 6.45) is -3.35. The molecule has 0 amide bonds. The van der Waals surface area contributed by atoms with Crippen molar-refractivity contribution in [2.45, 2.75) is 70.5 Å². The molecule has 3 aliphatic rings. The molecular weight excluding hydrogens is 371 g/mol. The number of ether oxygens (including phenoxy) is 1. The molecule has 3 aliphatic carbocycles. The summed E-state index contributed by atoms with van der Waals surface area (Å²) in [5.74, 6) is -4.27. The molecule has 1 heterocycles. The first kappa shape index (κ1) is 18.7. The number of hydrogen-bond acceptors (Lipinski definition) is 3. The fourth-order valence-electron chi connectivity index (χ4n) is 4.72. The van der Waals surface area contributed by atoms with E-state index in [1.54, 1.807) is 6.92 Å². The maximum absolute atomic E-state index is 14.1. The second-order valence-electron chi connectivity index (χ2n) is 8.28. The number of carbonyl (C=O) groups is 1. The molecule has 150 valence electrons. The third kappa shape index (κ3) is 2.60. The van der Waals surface area contributed by atoms with Gasteiger partial charge in [-0.05, 0) is 32.6 Å². The van der Waals surface area contributed by atoms with Crippen molar-refractivity contribution in [2.24, 2.45) is 10.8 Å². The van der Waals surface area contributed by atoms with Gasteiger partial charge in [-0.25, -0.2) is 13.6 Å². The number of esters is 1. The van der Waals surface area contributed by atoms with E-state index in [1.165, 1.54) is 6.92 Å². The number of rotatable bonds is 5. The lowest BCUT2D eigenvalue weighted by Gasteiger charge is -2.54. The zero-order chi connectivity index (χ0) is 19.8. The van der Waals surface area contributed by atoms with Gasteiger partial charge in [-0.1, -0.05) is 6.92 Å². The minimum absolute atomic E-state index is 0.0840. The smallest absolute Gasteiger partial charge is 0.420 e. The molecule has 1 aromatic rings. The SMILES string of the molecule is CCOC(=O)c1c(C(F)(F)F)c(C2CC2)nn1CC1(C)CC(F)(F)C12CC2. The van der Waals surface area contributed by atoms with E-state index in [2.05, 4.69) is 5.10 Å². The van der Waals surface area contributed by atoms with Gasteiger partial charge in [0.15, 0.2) is 5.69 Å². The van der Waals surface area contributed by atoms with Gasteiger partial charge in [-0.15, -0.1) is 0 Å². The lowest BCUT2D eigenvalue weighted by Crippen LogP contribution is -2.59. The zero-order valence-corrected chi connectivity index (χ0v) is 15.1. The molecule has 4 rings (SSSR count). The summed E-state index contributed by atoms with van der Waals surface area (Å²) in [6.45, 7) is 2.92. The van der Waals surface area contributed by atoms with Gasteiger partial charge in [-0.3, -0.25) is 4.68 Å². The maximum atomic E-state index is 14.1. The Kier molecular flexibility index (Phi) is 3.77. The van der Waals surface area contributed by atoms with Crippen LogP contribution >= 0.6 is 0 Å². The van der Waals surface area contributed by atoms with Crippen molar-refractivity contribution in [3.63, 3.8) is 0 Å². The first-order valence-electron chi connectivity index (χ1n) is 9.19. The van der Waals surface area contributed by atoms with Crippen molar-refractivity contribution in [2.75, 3.05) is 6.61 Å². The number of carbonyl (C=O) groups excluding carboxylic acids is 1. The van der Waals surface area contributed by atoms with Crippen molar-refractivity contribution >= 4 is 5.97 Å². The molecular formula is C18H21F5N2O2. The average molecular weight is 392 g/mol. The molecule has 3 fully saturated rings. The van der Waals surface area contributed by atoms with Gasteiger partial charge >= 0.3 is 12.1 Å². The number of alkyl halides is 5. The molecule has 1 atom stereocenters. The van der Waals surface area contributed by atoms with Crippen LogP contribution in [0, 0.1) is 10.8 Å². The molecule has 1 aromatic heterocycles. The predicted octanol–water partition coefficient (Wildman–Crippen LogP) is 4.78. The zero-order valence-electron chi connectivity index (χ0n) is 15.1. The Morgan fingerprint density at radius 3 is 2.37 bits per heavy atom. The highest BCUT2D eigenvalue weighted by Gasteiger charge is 2.80. The normalized spacial score (nSPS) is 28.1. The van der Waals surface area contributed by atoms with Gasteiger partial charge in [0.05, 0.1) is 12.3 Å². The number of aromatic nitrogens is 2. The van der Waals surface area contributed by atoms with Crippen molar-refractivity contribution < 1.29 is 31.5 Å². The van der Waals surface area contributed by atoms with Crippen molar-refractivity contribution in [1.29, 1.82) is 0 Å². The number of halogens is 5. The molecule has 3 saturated carbocycles. The van der Waals surface area contributed by atoms with Crippen LogP contribution in [0.5, 0.6) is 0 Å². The van der Waals surface area contributed by atoms with Gasteiger partial charge in [-0.2, -0.15) is 18.3 Å². The summed E-state index contributed by atoms with van der Waals surface area (Å²) < 4.78 is 75.2. The van der Waals surface area contributed by atoms with Crippen LogP contribution in [0.25, 0.3) is 0 Å². The Morgan fingerprint density at radius 2 is 1.93 bits per heavy atom. The van der Waals surface area contributed by atoms with Gasteiger partial charge in [0.2, 0.25) is 0 Å². The maximum Gasteiger partial charge on any atom is 0.420 e. The molecule has 0 N–H and O–H groups in total. The number of nitrogens with zero attached hydrogens (tertiary/aromatic N) is 2. The van der Waals surface area contributed by atoms with Crippen LogP contribution in [-0.2, 0) is 17.5 Å². The largest absolute Gasteiger partial charge is 0.461 e. The first-order chi connectivity index (χ1) is 12.5. The summed E-state index contributed by atoms with van der Waals surface area (Å²) in [5, 5.41) is 4.10. The standard InChI is InChI=1S/C18H21F5N2O2/c1-3-27-14(26)13-11(18(21,22)23)12(10-4-5-10)24-25(13)9-15(2)8-17(19,20)16(15)6-7-16/h10H,3-9H2,1-2H3. The summed E-state index contributed by atoms with van der Waals surface area (Å²) in [4.78, 5) is 12.4. The summed E-state index contributed by atoms with van der Waals surface area (Å²) in [5.41, 5.74) is -3.96. The van der Waals surface area contributed by atoms with Crippen LogP contribution in [0.15, 0.2) is 0 Å². The van der Waals surface area contributed by atoms with Gasteiger partial charge in [0.1, 0.15) is 5.56 Å². The molecule has 0 bridgehead atoms. The van der Waals surface area contributed by atoms with Crippen LogP contribution in [0.1, 0.15) is 73.6 Å². The Bertz CT molecular complexity index is 792. The lowest BCUT2D eigenvalue weighted by atomic mass is 9.55. The van der Waals surface area contributed by atoms with Gasteiger partial charge < -0.3 is 4.74 Å². The van der Waals surface area contributed by atoms with Crippen molar-refractivity contribution in [3.05, 3.63) is 17.0 Å². The molecule has 1 unspecified atom stereocenters. The molecule has 1 spiro atoms. The minimum atomic E-state index is -4.76. The van der Waals surface area contributed by atoms with E-state index in [-0.39, 0.29) is 24.8 Å². The van der Waals surface area contributed by atoms with E-state index in [1.807, 2.05) is 0 Å². The lowest BCUT2D eigenvalue weighted by molar-refractivity contribution is -0.243. The third-order valence-electron chi connectivity index (χ3n) is 6.41. The van der Waals surface area contributed by atoms with E-state index in [0.717, 1.165) is 4.68 Å². The summed E-state index contributed by atoms with van der Waals surface area (Å²) >= 11 is 0. The molecule has 0 radical (unpaired) electrons. The highest BCUT2D eigenvalue weighted by molar-refractivity contribution is 5.90. The van der Waals surface area contributed by atoms with Crippen LogP contribution in [0.2, 0.25) is 0 Å². The van der Waals surface area contributed by atoms with E-state index in [0.29, 0.717) is 25.7 Å². The fourth-order valence-corrected chi connectivity index (χ4v) is 4.72. The highest BCUT2D eigenvalue weighted by atomic mass is 19.4. The fraction of sp³-hybridized carbons (Fsp3) is 0.778. The molecule has 0 saturated heterocycles. The van der Waals surface area contributed by atoms with Gasteiger partial charge in [0, 0.05) is 29.7 Å². The Morgan fingerprint density at radius 1 is 1.30 bits per heavy atom. The Hall–Kier alpha value is -1.67. The third-order valence-corrected chi connectivity index (χ3v) is 6.41. The molecule has 9 heteroatoms. The van der Waals surface area contributed by atoms with Crippen LogP contribution in [-0.4, -0.2) is 28.3 Å². The molecule has 0 aliphatic heterocycles. The van der Waals surface area contributed by atoms with Crippen molar-refractivity contribution in [3.8, 4) is 0 Å². The van der Waals surface area contributed by atoms with E-state index in [9.17, 15) is 26.7 Å². The minimum Gasteiger partial charge on any atom is -0.461 e. The van der Waals surface area contributed by atoms with Crippen LogP contribution in [0.3, 0.4) is 0 Å². The van der Waals surface area contributed by atoms with E-state index >= 15 is 0 Å². The first-order valence-corrected chi connectivity index (χ1v) is 9.19. The van der Waals surface area contributed by atoms with E-state index in [4.69, 9.17) is 4.74 Å². The average Bonchev–Trinajstić information content (AvgIpc) is 3.41. The highest BCUT2D eigenvalue weighted by Crippen LogP contribution is 2.78. The summed E-state index contributed by atoms with van der Waals surface area (Å²) in [6, 6.07) is 0. The Labute approximate surface area is 153 Å². The topological polar surface area (TPSA) is 44.1 Å². The van der Waals surface area contributed by atoms with Gasteiger partial charge in [0.25, 0.3) is 5.92 Å². The quantitative estimate of drug-likeness (QED) is 0.535. The second kappa shape index (κ2) is 5.44. The Balaban J connectivity index is 1.77. The van der Waals surface area contributed by atoms with E-state index < -0.39 is 46.6 Å². The van der Waals surface area contributed by atoms with Crippen molar-refractivity contribution in [1.82, 2.24) is 9.78 Å². The summed E-state index contributed by atoms with van der Waals surface area (Å²) in [7, 11) is 0. The monoisotopic (exact) mass is 392 g/mol. The second-order valence-corrected chi connectivity index (χ2v) is 8.28. The number of hydrogen-bond donors (Lipinski definition) is 0. The van der Waals surface area contributed by atoms with Crippen LogP contribution in [0.4, 0.5) is 22.0 Å². The molecule has 27 heavy (non-hydrogen) atoms. The molecule has 0 aromatic carbocycles. The predicted molar refractivity (Wildman–Crippen MR) is 84.5 cm³/mol.